The van der Waals surface area contributed by atoms with E-state index in [1.807, 2.05) is 0 Å². The summed E-state index contributed by atoms with van der Waals surface area (Å²) in [5, 5.41) is -0.839. The minimum atomic E-state index is -0.530. The van der Waals surface area contributed by atoms with E-state index in [1.54, 1.807) is 36.4 Å². The van der Waals surface area contributed by atoms with Crippen molar-refractivity contribution in [3.8, 4) is 23.0 Å². The van der Waals surface area contributed by atoms with E-state index < -0.39 is 5.24 Å². The summed E-state index contributed by atoms with van der Waals surface area (Å²) in [6, 6.07) is 9.69. The molecule has 30 heavy (non-hydrogen) atoms. The maximum absolute atomic E-state index is 10.9. The Kier molecular flexibility index (Phi) is 21.0. The Morgan fingerprint density at radius 3 is 1.23 bits per heavy atom. The molecule has 0 aliphatic carbocycles. The number of carbonyl (C=O) groups is 2. The minimum absolute atomic E-state index is 0. The van der Waals surface area contributed by atoms with Crippen molar-refractivity contribution in [2.75, 3.05) is 28.4 Å². The first-order valence-electron chi connectivity index (χ1n) is 8.23. The summed E-state index contributed by atoms with van der Waals surface area (Å²) >= 11 is 9.02. The van der Waals surface area contributed by atoms with E-state index in [2.05, 4.69) is 12.6 Å². The van der Waals surface area contributed by atoms with E-state index in [9.17, 15) is 9.59 Å². The van der Waals surface area contributed by atoms with E-state index in [0.29, 0.717) is 34.1 Å². The van der Waals surface area contributed by atoms with E-state index >= 15 is 0 Å². The third-order valence-corrected chi connectivity index (χ3v) is 3.65. The van der Waals surface area contributed by atoms with Gasteiger partial charge in [-0.05, 0) is 35.9 Å². The van der Waals surface area contributed by atoms with Crippen molar-refractivity contribution in [3.63, 3.8) is 0 Å². The van der Waals surface area contributed by atoms with Crippen molar-refractivity contribution >= 4 is 48.1 Å². The Morgan fingerprint density at radius 2 is 1.03 bits per heavy atom. The van der Waals surface area contributed by atoms with Gasteiger partial charge in [0.25, 0.3) is 5.24 Å². The summed E-state index contributed by atoms with van der Waals surface area (Å²) in [4.78, 5) is 21.8. The molecule has 0 fully saturated rings. The van der Waals surface area contributed by atoms with Crippen LogP contribution in [0.25, 0.3) is 0 Å². The average Bonchev–Trinajstić information content (AvgIpc) is 2.74. The van der Waals surface area contributed by atoms with E-state index in [1.165, 1.54) is 35.8 Å². The van der Waals surface area contributed by atoms with E-state index in [0.717, 1.165) is 0 Å². The number of benzene rings is 2. The number of halogens is 1. The van der Waals surface area contributed by atoms with E-state index in [-0.39, 0.29) is 55.6 Å². The van der Waals surface area contributed by atoms with Crippen LogP contribution in [0.5, 0.6) is 23.0 Å². The van der Waals surface area contributed by atoms with Crippen LogP contribution in [-0.2, 0) is 13.5 Å². The normalized spacial score (nSPS) is 8.43. The van der Waals surface area contributed by atoms with Crippen molar-refractivity contribution in [2.24, 2.45) is 0 Å². The molecule has 2 rings (SSSR count). The van der Waals surface area contributed by atoms with Crippen LogP contribution in [0.2, 0.25) is 0 Å². The van der Waals surface area contributed by atoms with Crippen LogP contribution in [-0.4, -0.2) is 38.8 Å². The van der Waals surface area contributed by atoms with Crippen molar-refractivity contribution in [1.29, 1.82) is 0 Å². The first-order chi connectivity index (χ1) is 13.3. The van der Waals surface area contributed by atoms with Crippen molar-refractivity contribution in [1.82, 2.24) is 0 Å². The molecule has 0 radical (unpaired) electrons. The Bertz CT molecular complexity index is 686. The molecule has 0 unspecified atom stereocenters. The quantitative estimate of drug-likeness (QED) is 0.288. The Morgan fingerprint density at radius 1 is 0.767 bits per heavy atom. The number of methoxy groups -OCH3 is 4. The van der Waals surface area contributed by atoms with Crippen molar-refractivity contribution < 1.29 is 59.5 Å². The third-order valence-electron chi connectivity index (χ3n) is 3.18. The van der Waals surface area contributed by atoms with Gasteiger partial charge in [-0.1, -0.05) is 14.8 Å². The van der Waals surface area contributed by atoms with Crippen LogP contribution >= 0.6 is 24.2 Å². The molecule has 2 aromatic carbocycles. The molecule has 10 heteroatoms. The molecule has 6 nitrogen and oxygen atoms in total. The van der Waals surface area contributed by atoms with Crippen LogP contribution in [0.4, 0.5) is 0 Å². The summed E-state index contributed by atoms with van der Waals surface area (Å²) in [5.41, 5.74) is 0.817. The van der Waals surface area contributed by atoms with Crippen LogP contribution in [0.15, 0.2) is 36.4 Å². The van der Waals surface area contributed by atoms with Crippen molar-refractivity contribution in [2.45, 2.75) is 14.8 Å². The molecule has 0 spiro atoms. The van der Waals surface area contributed by atoms with Gasteiger partial charge in [-0.2, -0.15) is 0 Å². The zero-order chi connectivity index (χ0) is 21.7. The fourth-order valence-corrected chi connectivity index (χ4v) is 2.09. The maximum Gasteiger partial charge on any atom is 1.00 e. The SMILES string of the molecule is C.COc1cc(OC)cc(C(=O)Cl)c1.COc1cc(OC)cc(C(=O)S)c1.[3H]C.[Na+].[SH-]. The summed E-state index contributed by atoms with van der Waals surface area (Å²) in [6.45, 7) is 0. The zero-order valence-electron chi connectivity index (χ0n) is 18.2. The Hall–Kier alpha value is -1.03. The molecule has 0 aliphatic heterocycles. The molecule has 0 N–H and O–H groups in total. The van der Waals surface area contributed by atoms with Gasteiger partial charge in [0.1, 0.15) is 23.0 Å². The largest absolute Gasteiger partial charge is 1.00 e. The second kappa shape index (κ2) is 18.7. The molecule has 0 aromatic heterocycles. The van der Waals surface area contributed by atoms with Crippen LogP contribution in [0.3, 0.4) is 0 Å². The molecular formula is C20H28ClNaO6S2. The van der Waals surface area contributed by atoms with Gasteiger partial charge in [0.2, 0.25) is 5.12 Å². The predicted octanol–water partition coefficient (Wildman–Crippen LogP) is 1.86. The van der Waals surface area contributed by atoms with Gasteiger partial charge in [0, 0.05) is 24.6 Å². The number of ether oxygens (including phenoxy) is 4. The standard InChI is InChI=1S/C9H9ClO3.C9H10O3S.2CH4.Na.H2S/c1-12-7-3-6(9(10)11)4-8(5-7)13-2;1-11-7-3-6(9(10)13)4-8(5-7)12-2;;;;/h3-5H,1-2H3;3-5H,1-2H3,(H,10,13);2*1H4;;1H2/q;;;;+1;/p-1/i;;1T;;;. The summed E-state index contributed by atoms with van der Waals surface area (Å²) in [6.07, 6.45) is 0. The third kappa shape index (κ3) is 12.0. The number of thiol groups is 2. The molecule has 2 aromatic rings. The minimum Gasteiger partial charge on any atom is -0.813 e. The monoisotopic (exact) mass is 488 g/mol. The van der Waals surface area contributed by atoms with Gasteiger partial charge in [-0.15, -0.1) is 12.6 Å². The second-order valence-corrected chi connectivity index (χ2v) is 5.53. The number of carbonyl (C=O) groups excluding carboxylic acids is 2. The van der Waals surface area contributed by atoms with Gasteiger partial charge < -0.3 is 32.4 Å². The van der Waals surface area contributed by atoms with Gasteiger partial charge in [-0.3, -0.25) is 9.59 Å². The van der Waals surface area contributed by atoms with Gasteiger partial charge in [0.05, 0.1) is 28.4 Å². The molecule has 0 atom stereocenters. The molecule has 0 bridgehead atoms. The molecule has 0 aliphatic rings. The summed E-state index contributed by atoms with van der Waals surface area (Å²) in [5.74, 6) is 2.25. The smallest absolute Gasteiger partial charge is 0.813 e. The average molecular weight is 489 g/mol. The maximum atomic E-state index is 10.9. The molecule has 0 saturated heterocycles. The first-order valence-corrected chi connectivity index (χ1v) is 8.06. The molecule has 0 saturated carbocycles. The topological polar surface area (TPSA) is 71.1 Å². The van der Waals surface area contributed by atoms with E-state index in [4.69, 9.17) is 31.9 Å². The summed E-state index contributed by atoms with van der Waals surface area (Å²) in [7, 11) is 7.33. The molecule has 164 valence electrons. The molecule has 0 amide bonds. The second-order valence-electron chi connectivity index (χ2n) is 4.78. The Balaban J connectivity index is -0.000000200. The summed E-state index contributed by atoms with van der Waals surface area (Å²) < 4.78 is 25.6. The predicted molar refractivity (Wildman–Crippen MR) is 125 cm³/mol. The fraction of sp³-hybridized carbons (Fsp3) is 0.300. The van der Waals surface area contributed by atoms with Crippen molar-refractivity contribution in [3.05, 3.63) is 47.5 Å². The van der Waals surface area contributed by atoms with Gasteiger partial charge in [-0.25, -0.2) is 0 Å². The molecular weight excluding hydrogens is 459 g/mol. The fourth-order valence-electron chi connectivity index (χ4n) is 1.85. The van der Waals surface area contributed by atoms with Crippen LogP contribution in [0.1, 0.15) is 36.9 Å². The van der Waals surface area contributed by atoms with Gasteiger partial charge >= 0.3 is 29.6 Å². The Labute approximate surface area is 220 Å². The van der Waals surface area contributed by atoms with Gasteiger partial charge in [0.15, 0.2) is 0 Å². The number of hydrogen-bond donors (Lipinski definition) is 1. The van der Waals surface area contributed by atoms with Crippen LogP contribution < -0.4 is 48.5 Å². The van der Waals surface area contributed by atoms with Crippen LogP contribution in [0, 0.1) is 0 Å². The zero-order valence-corrected chi connectivity index (χ0v) is 21.7. The number of hydrogen-bond acceptors (Lipinski definition) is 7. The first kappa shape index (κ1) is 33.6. The number of rotatable bonds is 6. The molecule has 0 heterocycles.